The summed E-state index contributed by atoms with van der Waals surface area (Å²) in [6.45, 7) is 2.76. The van der Waals surface area contributed by atoms with Crippen LogP contribution in [-0.2, 0) is 0 Å². The molecule has 106 valence electrons. The molecule has 0 fully saturated rings. The van der Waals surface area contributed by atoms with E-state index in [1.54, 1.807) is 14.1 Å². The third-order valence-electron chi connectivity index (χ3n) is 2.64. The van der Waals surface area contributed by atoms with Gasteiger partial charge in [0.1, 0.15) is 11.6 Å². The summed E-state index contributed by atoms with van der Waals surface area (Å²) in [5.74, 6) is -1.19. The zero-order valence-electron chi connectivity index (χ0n) is 11.3. The van der Waals surface area contributed by atoms with Gasteiger partial charge in [-0.15, -0.1) is 0 Å². The van der Waals surface area contributed by atoms with Crippen molar-refractivity contribution in [2.45, 2.75) is 13.0 Å². The first-order chi connectivity index (χ1) is 8.90. The van der Waals surface area contributed by atoms with Gasteiger partial charge in [0.2, 0.25) is 0 Å². The van der Waals surface area contributed by atoms with E-state index in [1.165, 1.54) is 17.0 Å². The van der Waals surface area contributed by atoms with Crippen molar-refractivity contribution in [2.24, 2.45) is 0 Å². The number of carbonyl (C=O) groups is 1. The minimum Gasteiger partial charge on any atom is -0.337 e. The Morgan fingerprint density at radius 2 is 1.79 bits per heavy atom. The lowest BCUT2D eigenvalue weighted by molar-refractivity contribution is 0.217. The fourth-order valence-corrected chi connectivity index (χ4v) is 1.56. The standard InChI is InChI=1S/C13H19F2N3O/c1-9(10-6-11(14)8-12(15)7-10)16-4-5-17-13(19)18(2)3/h6-9,16H,4-5H2,1-3H3,(H,17,19). The first kappa shape index (κ1) is 15.4. The van der Waals surface area contributed by atoms with Crippen LogP contribution < -0.4 is 10.6 Å². The van der Waals surface area contributed by atoms with Gasteiger partial charge in [0, 0.05) is 39.3 Å². The molecule has 1 aromatic carbocycles. The maximum Gasteiger partial charge on any atom is 0.316 e. The van der Waals surface area contributed by atoms with Crippen molar-refractivity contribution < 1.29 is 13.6 Å². The highest BCUT2D eigenvalue weighted by atomic mass is 19.1. The molecule has 1 rings (SSSR count). The van der Waals surface area contributed by atoms with E-state index in [1.807, 2.05) is 6.92 Å². The lowest BCUT2D eigenvalue weighted by Crippen LogP contribution is -2.38. The van der Waals surface area contributed by atoms with Crippen LogP contribution in [0.15, 0.2) is 18.2 Å². The first-order valence-electron chi connectivity index (χ1n) is 6.04. The van der Waals surface area contributed by atoms with Crippen LogP contribution in [0.1, 0.15) is 18.5 Å². The largest absolute Gasteiger partial charge is 0.337 e. The zero-order valence-corrected chi connectivity index (χ0v) is 11.3. The molecule has 0 bridgehead atoms. The summed E-state index contributed by atoms with van der Waals surface area (Å²) in [5.41, 5.74) is 0.538. The maximum atomic E-state index is 13.0. The number of carbonyl (C=O) groups excluding carboxylic acids is 1. The topological polar surface area (TPSA) is 44.4 Å². The minimum absolute atomic E-state index is 0.175. The van der Waals surface area contributed by atoms with Crippen molar-refractivity contribution in [3.8, 4) is 0 Å². The molecule has 0 radical (unpaired) electrons. The van der Waals surface area contributed by atoms with E-state index in [0.29, 0.717) is 18.7 Å². The number of nitrogens with one attached hydrogen (secondary N) is 2. The Bertz CT molecular complexity index is 418. The summed E-state index contributed by atoms with van der Waals surface area (Å²) >= 11 is 0. The van der Waals surface area contributed by atoms with Gasteiger partial charge in [-0.05, 0) is 24.6 Å². The average molecular weight is 271 g/mol. The third-order valence-corrected chi connectivity index (χ3v) is 2.64. The summed E-state index contributed by atoms with van der Waals surface area (Å²) < 4.78 is 26.1. The molecule has 0 aliphatic carbocycles. The number of urea groups is 1. The second kappa shape index (κ2) is 7.04. The van der Waals surface area contributed by atoms with E-state index < -0.39 is 11.6 Å². The Morgan fingerprint density at radius 1 is 1.21 bits per heavy atom. The average Bonchev–Trinajstić information content (AvgIpc) is 2.32. The van der Waals surface area contributed by atoms with Crippen LogP contribution in [0.5, 0.6) is 0 Å². The first-order valence-corrected chi connectivity index (χ1v) is 6.04. The van der Waals surface area contributed by atoms with Crippen molar-refractivity contribution in [1.29, 1.82) is 0 Å². The third kappa shape index (κ3) is 5.21. The number of halogens is 2. The molecule has 1 unspecified atom stereocenters. The molecule has 1 aromatic rings. The van der Waals surface area contributed by atoms with E-state index in [2.05, 4.69) is 10.6 Å². The normalized spacial score (nSPS) is 12.1. The molecule has 2 N–H and O–H groups in total. The van der Waals surface area contributed by atoms with Crippen molar-refractivity contribution in [1.82, 2.24) is 15.5 Å². The van der Waals surface area contributed by atoms with Crippen molar-refractivity contribution in [3.63, 3.8) is 0 Å². The van der Waals surface area contributed by atoms with Crippen LogP contribution in [0.4, 0.5) is 13.6 Å². The van der Waals surface area contributed by atoms with Crippen LogP contribution in [0.25, 0.3) is 0 Å². The smallest absolute Gasteiger partial charge is 0.316 e. The van der Waals surface area contributed by atoms with Gasteiger partial charge in [-0.3, -0.25) is 0 Å². The highest BCUT2D eigenvalue weighted by molar-refractivity contribution is 5.73. The van der Waals surface area contributed by atoms with Crippen molar-refractivity contribution in [3.05, 3.63) is 35.4 Å². The lowest BCUT2D eigenvalue weighted by atomic mass is 10.1. The molecule has 0 aliphatic rings. The molecule has 19 heavy (non-hydrogen) atoms. The number of benzene rings is 1. The molecule has 2 amide bonds. The SMILES string of the molecule is CC(NCCNC(=O)N(C)C)c1cc(F)cc(F)c1. The van der Waals surface area contributed by atoms with Crippen molar-refractivity contribution in [2.75, 3.05) is 27.2 Å². The molecule has 0 saturated heterocycles. The molecule has 6 heteroatoms. The Kier molecular flexibility index (Phi) is 5.69. The second-order valence-corrected chi connectivity index (χ2v) is 4.50. The Morgan fingerprint density at radius 3 is 2.32 bits per heavy atom. The predicted octanol–water partition coefficient (Wildman–Crippen LogP) is 1.89. The van der Waals surface area contributed by atoms with Gasteiger partial charge >= 0.3 is 6.03 Å². The van der Waals surface area contributed by atoms with Gasteiger partial charge in [-0.2, -0.15) is 0 Å². The van der Waals surface area contributed by atoms with Crippen LogP contribution in [0.3, 0.4) is 0 Å². The van der Waals surface area contributed by atoms with Crippen LogP contribution in [0, 0.1) is 11.6 Å². The van der Waals surface area contributed by atoms with E-state index in [4.69, 9.17) is 0 Å². The summed E-state index contributed by atoms with van der Waals surface area (Å²) in [6.07, 6.45) is 0. The molecule has 0 aliphatic heterocycles. The monoisotopic (exact) mass is 271 g/mol. The molecular formula is C13H19F2N3O. The predicted molar refractivity (Wildman–Crippen MR) is 69.9 cm³/mol. The summed E-state index contributed by atoms with van der Waals surface area (Å²) in [6, 6.07) is 3.05. The van der Waals surface area contributed by atoms with Gasteiger partial charge in [0.15, 0.2) is 0 Å². The number of hydrogen-bond donors (Lipinski definition) is 2. The molecule has 0 aromatic heterocycles. The van der Waals surface area contributed by atoms with Gasteiger partial charge in [-0.25, -0.2) is 13.6 Å². The Hall–Kier alpha value is -1.69. The maximum absolute atomic E-state index is 13.0. The Labute approximate surface area is 111 Å². The number of hydrogen-bond acceptors (Lipinski definition) is 2. The molecular weight excluding hydrogens is 252 g/mol. The van der Waals surface area contributed by atoms with E-state index in [0.717, 1.165) is 6.07 Å². The van der Waals surface area contributed by atoms with Gasteiger partial charge in [0.25, 0.3) is 0 Å². The van der Waals surface area contributed by atoms with Gasteiger partial charge in [0.05, 0.1) is 0 Å². The molecule has 0 saturated carbocycles. The van der Waals surface area contributed by atoms with E-state index >= 15 is 0 Å². The fraction of sp³-hybridized carbons (Fsp3) is 0.462. The minimum atomic E-state index is -0.593. The quantitative estimate of drug-likeness (QED) is 0.803. The highest BCUT2D eigenvalue weighted by Gasteiger charge is 2.08. The van der Waals surface area contributed by atoms with E-state index in [9.17, 15) is 13.6 Å². The van der Waals surface area contributed by atoms with Crippen LogP contribution in [-0.4, -0.2) is 38.1 Å². The summed E-state index contributed by atoms with van der Waals surface area (Å²) in [7, 11) is 3.31. The van der Waals surface area contributed by atoms with E-state index in [-0.39, 0.29) is 12.1 Å². The second-order valence-electron chi connectivity index (χ2n) is 4.50. The van der Waals surface area contributed by atoms with Gasteiger partial charge in [-0.1, -0.05) is 0 Å². The van der Waals surface area contributed by atoms with Crippen LogP contribution in [0.2, 0.25) is 0 Å². The number of nitrogens with zero attached hydrogens (tertiary/aromatic N) is 1. The molecule has 0 spiro atoms. The number of rotatable bonds is 5. The molecule has 0 heterocycles. The van der Waals surface area contributed by atoms with Crippen molar-refractivity contribution >= 4 is 6.03 Å². The van der Waals surface area contributed by atoms with Gasteiger partial charge < -0.3 is 15.5 Å². The Balaban J connectivity index is 2.39. The summed E-state index contributed by atoms with van der Waals surface area (Å²) in [5, 5.41) is 5.77. The molecule has 4 nitrogen and oxygen atoms in total. The summed E-state index contributed by atoms with van der Waals surface area (Å²) in [4.78, 5) is 12.7. The fourth-order valence-electron chi connectivity index (χ4n) is 1.56. The number of amides is 2. The zero-order chi connectivity index (χ0) is 14.4. The molecule has 1 atom stereocenters. The lowest BCUT2D eigenvalue weighted by Gasteiger charge is -2.16. The van der Waals surface area contributed by atoms with Crippen LogP contribution >= 0.6 is 0 Å². The highest BCUT2D eigenvalue weighted by Crippen LogP contribution is 2.15.